The lowest BCUT2D eigenvalue weighted by Gasteiger charge is -2.12. The molecule has 2 amide bonds. The molecule has 2 aromatic carbocycles. The average Bonchev–Trinajstić information content (AvgIpc) is 2.62. The molecule has 28 heavy (non-hydrogen) atoms. The molecular weight excluding hydrogens is 438 g/mol. The van der Waals surface area contributed by atoms with E-state index in [1.807, 2.05) is 0 Å². The lowest BCUT2D eigenvalue weighted by atomic mass is 10.1. The van der Waals surface area contributed by atoms with Crippen molar-refractivity contribution in [1.82, 2.24) is 0 Å². The van der Waals surface area contributed by atoms with Gasteiger partial charge < -0.3 is 20.1 Å². The number of benzene rings is 2. The maximum atomic E-state index is 12.7. The minimum Gasteiger partial charge on any atom is -0.493 e. The van der Waals surface area contributed by atoms with Crippen LogP contribution in [0.15, 0.2) is 46.9 Å². The lowest BCUT2D eigenvalue weighted by molar-refractivity contribution is -0.114. The molecule has 0 saturated carbocycles. The minimum atomic E-state index is -3.04. The summed E-state index contributed by atoms with van der Waals surface area (Å²) >= 11 is 3.29. The number of carbonyl (C=O) groups excluding carboxylic acids is 2. The number of amides is 2. The molecule has 0 aliphatic heterocycles. The summed E-state index contributed by atoms with van der Waals surface area (Å²) in [4.78, 5) is 23.6. The molecule has 0 bridgehead atoms. The molecule has 2 N–H and O–H groups in total. The van der Waals surface area contributed by atoms with Gasteiger partial charge in [0.25, 0.3) is 0 Å². The van der Waals surface area contributed by atoms with E-state index in [-0.39, 0.29) is 23.0 Å². The predicted octanol–water partition coefficient (Wildman–Crippen LogP) is 4.67. The molecule has 0 aliphatic rings. The molecule has 0 unspecified atom stereocenters. The van der Waals surface area contributed by atoms with Gasteiger partial charge in [-0.2, -0.15) is 8.78 Å². The third-order valence-corrected chi connectivity index (χ3v) is 3.89. The summed E-state index contributed by atoms with van der Waals surface area (Å²) in [7, 11) is 1.32. The highest BCUT2D eigenvalue weighted by atomic mass is 79.9. The number of anilines is 2. The van der Waals surface area contributed by atoms with E-state index in [4.69, 9.17) is 4.74 Å². The van der Waals surface area contributed by atoms with Crippen molar-refractivity contribution in [3.63, 3.8) is 0 Å². The van der Waals surface area contributed by atoms with Crippen molar-refractivity contribution in [1.29, 1.82) is 0 Å². The number of para-hydroxylation sites is 1. The van der Waals surface area contributed by atoms with Crippen molar-refractivity contribution in [2.24, 2.45) is 0 Å². The molecule has 0 aromatic heterocycles. The van der Waals surface area contributed by atoms with E-state index in [1.165, 1.54) is 32.2 Å². The SMILES string of the molecule is COc1cccc(/C=C/C(=O)Nc2cc(Br)ccc2NC(C)=O)c1OC(F)F. The number of hydrogen-bond donors (Lipinski definition) is 2. The van der Waals surface area contributed by atoms with Gasteiger partial charge >= 0.3 is 6.61 Å². The molecule has 6 nitrogen and oxygen atoms in total. The van der Waals surface area contributed by atoms with Crippen LogP contribution in [0.2, 0.25) is 0 Å². The molecule has 2 aromatic rings. The van der Waals surface area contributed by atoms with E-state index in [0.29, 0.717) is 15.8 Å². The molecule has 0 fully saturated rings. The summed E-state index contributed by atoms with van der Waals surface area (Å²) in [6.07, 6.45) is 2.48. The molecule has 0 atom stereocenters. The van der Waals surface area contributed by atoms with E-state index in [2.05, 4.69) is 31.3 Å². The normalized spacial score (nSPS) is 10.8. The van der Waals surface area contributed by atoms with Crippen LogP contribution in [-0.4, -0.2) is 25.5 Å². The molecule has 148 valence electrons. The molecule has 0 heterocycles. The number of methoxy groups -OCH3 is 1. The molecule has 2 rings (SSSR count). The minimum absolute atomic E-state index is 0.114. The quantitative estimate of drug-likeness (QED) is 0.596. The molecule has 0 aliphatic carbocycles. The predicted molar refractivity (Wildman–Crippen MR) is 106 cm³/mol. The highest BCUT2D eigenvalue weighted by Crippen LogP contribution is 2.33. The first-order valence-electron chi connectivity index (χ1n) is 7.98. The van der Waals surface area contributed by atoms with Crippen LogP contribution in [-0.2, 0) is 9.59 Å². The Morgan fingerprint density at radius 1 is 1.14 bits per heavy atom. The first-order valence-corrected chi connectivity index (χ1v) is 8.77. The van der Waals surface area contributed by atoms with Crippen LogP contribution in [0, 0.1) is 0 Å². The Hall–Kier alpha value is -2.94. The van der Waals surface area contributed by atoms with Gasteiger partial charge in [0.2, 0.25) is 11.8 Å². The maximum Gasteiger partial charge on any atom is 0.387 e. The fourth-order valence-corrected chi connectivity index (χ4v) is 2.66. The van der Waals surface area contributed by atoms with E-state index < -0.39 is 12.5 Å². The van der Waals surface area contributed by atoms with Gasteiger partial charge in [-0.05, 0) is 30.3 Å². The second-order valence-corrected chi connectivity index (χ2v) is 6.37. The monoisotopic (exact) mass is 454 g/mol. The highest BCUT2D eigenvalue weighted by molar-refractivity contribution is 9.10. The van der Waals surface area contributed by atoms with Crippen molar-refractivity contribution >= 4 is 45.2 Å². The van der Waals surface area contributed by atoms with Crippen molar-refractivity contribution < 1.29 is 27.8 Å². The van der Waals surface area contributed by atoms with Gasteiger partial charge in [-0.3, -0.25) is 9.59 Å². The number of hydrogen-bond acceptors (Lipinski definition) is 4. The number of halogens is 3. The van der Waals surface area contributed by atoms with Gasteiger partial charge in [0.05, 0.1) is 18.5 Å². The van der Waals surface area contributed by atoms with Gasteiger partial charge in [-0.25, -0.2) is 0 Å². The summed E-state index contributed by atoms with van der Waals surface area (Å²) in [6, 6.07) is 9.51. The Labute approximate surface area is 168 Å². The first kappa shape index (κ1) is 21.4. The summed E-state index contributed by atoms with van der Waals surface area (Å²) in [5.41, 5.74) is 1.03. The van der Waals surface area contributed by atoms with Crippen molar-refractivity contribution in [3.8, 4) is 11.5 Å². The zero-order valence-electron chi connectivity index (χ0n) is 15.0. The molecule has 0 spiro atoms. The Morgan fingerprint density at radius 2 is 1.89 bits per heavy atom. The number of nitrogens with one attached hydrogen (secondary N) is 2. The van der Waals surface area contributed by atoms with Crippen LogP contribution in [0.1, 0.15) is 12.5 Å². The lowest BCUT2D eigenvalue weighted by Crippen LogP contribution is -2.13. The van der Waals surface area contributed by atoms with E-state index >= 15 is 0 Å². The topological polar surface area (TPSA) is 76.7 Å². The zero-order chi connectivity index (χ0) is 20.7. The Balaban J connectivity index is 2.23. The Morgan fingerprint density at radius 3 is 2.54 bits per heavy atom. The van der Waals surface area contributed by atoms with Crippen molar-refractivity contribution in [3.05, 3.63) is 52.5 Å². The van der Waals surface area contributed by atoms with E-state index in [1.54, 1.807) is 24.3 Å². The van der Waals surface area contributed by atoms with Crippen molar-refractivity contribution in [2.45, 2.75) is 13.5 Å². The number of alkyl halides is 2. The average molecular weight is 455 g/mol. The van der Waals surface area contributed by atoms with Crippen LogP contribution in [0.25, 0.3) is 6.08 Å². The fourth-order valence-electron chi connectivity index (χ4n) is 2.30. The largest absolute Gasteiger partial charge is 0.493 e. The fraction of sp³-hybridized carbons (Fsp3) is 0.158. The van der Waals surface area contributed by atoms with E-state index in [0.717, 1.165) is 6.08 Å². The summed E-state index contributed by atoms with van der Waals surface area (Å²) in [5, 5.41) is 5.23. The third kappa shape index (κ3) is 6.05. The second-order valence-electron chi connectivity index (χ2n) is 5.45. The number of carbonyl (C=O) groups is 2. The summed E-state index contributed by atoms with van der Waals surface area (Å²) in [6.45, 7) is -1.69. The van der Waals surface area contributed by atoms with Crippen LogP contribution < -0.4 is 20.1 Å². The highest BCUT2D eigenvalue weighted by Gasteiger charge is 2.14. The second kappa shape index (κ2) is 9.84. The van der Waals surface area contributed by atoms with Crippen LogP contribution in [0.4, 0.5) is 20.2 Å². The Kier molecular flexibility index (Phi) is 7.51. The zero-order valence-corrected chi connectivity index (χ0v) is 16.5. The molecule has 0 radical (unpaired) electrons. The summed E-state index contributed by atoms with van der Waals surface area (Å²) in [5.74, 6) is -0.887. The Bertz CT molecular complexity index is 903. The van der Waals surface area contributed by atoms with Crippen LogP contribution in [0.5, 0.6) is 11.5 Å². The van der Waals surface area contributed by atoms with Crippen LogP contribution in [0.3, 0.4) is 0 Å². The van der Waals surface area contributed by atoms with Gasteiger partial charge in [-0.15, -0.1) is 0 Å². The molecular formula is C19H17BrF2N2O4. The third-order valence-electron chi connectivity index (χ3n) is 3.40. The standard InChI is InChI=1S/C19H17BrF2N2O4/c1-11(25)23-14-8-7-13(20)10-15(14)24-17(26)9-6-12-4-3-5-16(27-2)18(12)28-19(21)22/h3-10,19H,1-2H3,(H,23,25)(H,24,26)/b9-6+. The van der Waals surface area contributed by atoms with E-state index in [9.17, 15) is 18.4 Å². The number of rotatable bonds is 7. The summed E-state index contributed by atoms with van der Waals surface area (Å²) < 4.78 is 35.6. The van der Waals surface area contributed by atoms with Gasteiger partial charge in [-0.1, -0.05) is 28.1 Å². The molecule has 9 heteroatoms. The number of ether oxygens (including phenoxy) is 2. The van der Waals surface area contributed by atoms with Crippen molar-refractivity contribution in [2.75, 3.05) is 17.7 Å². The van der Waals surface area contributed by atoms with Gasteiger partial charge in [0.1, 0.15) is 0 Å². The molecule has 0 saturated heterocycles. The first-order chi connectivity index (χ1) is 13.3. The maximum absolute atomic E-state index is 12.7. The van der Waals surface area contributed by atoms with Gasteiger partial charge in [0, 0.05) is 23.0 Å². The van der Waals surface area contributed by atoms with Crippen LogP contribution >= 0.6 is 15.9 Å². The smallest absolute Gasteiger partial charge is 0.387 e. The van der Waals surface area contributed by atoms with Gasteiger partial charge in [0.15, 0.2) is 11.5 Å².